The van der Waals surface area contributed by atoms with Crippen LogP contribution < -0.4 is 5.32 Å². The summed E-state index contributed by atoms with van der Waals surface area (Å²) >= 11 is 0. The average molecular weight is 590 g/mol. The number of likely N-dealkylation sites (tertiary alicyclic amines) is 1. The van der Waals surface area contributed by atoms with Gasteiger partial charge in [0.2, 0.25) is 0 Å². The first-order valence-corrected chi connectivity index (χ1v) is 13.6. The van der Waals surface area contributed by atoms with E-state index in [0.29, 0.717) is 24.5 Å². The maximum atomic E-state index is 14.3. The summed E-state index contributed by atoms with van der Waals surface area (Å²) in [5, 5.41) is 2.78. The van der Waals surface area contributed by atoms with E-state index < -0.39 is 35.5 Å². The van der Waals surface area contributed by atoms with Crippen molar-refractivity contribution in [2.24, 2.45) is 4.99 Å². The molecule has 2 aromatic rings. The number of amides is 2. The van der Waals surface area contributed by atoms with Gasteiger partial charge in [-0.05, 0) is 68.7 Å². The van der Waals surface area contributed by atoms with Gasteiger partial charge in [-0.15, -0.1) is 0 Å². The van der Waals surface area contributed by atoms with Gasteiger partial charge in [0.05, 0.1) is 32.1 Å². The molecule has 0 aliphatic carbocycles. The Morgan fingerprint density at radius 1 is 1.07 bits per heavy atom. The lowest BCUT2D eigenvalue weighted by molar-refractivity contribution is -0.136. The lowest BCUT2D eigenvalue weighted by atomic mass is 9.93. The number of rotatable bonds is 9. The highest BCUT2D eigenvalue weighted by molar-refractivity contribution is 6.00. The van der Waals surface area contributed by atoms with Crippen molar-refractivity contribution in [2.75, 3.05) is 54.1 Å². The molecule has 226 valence electrons. The number of aliphatic imine (C=N–C) groups is 1. The van der Waals surface area contributed by atoms with Crippen LogP contribution in [-0.2, 0) is 19.0 Å². The molecule has 4 rings (SSSR count). The van der Waals surface area contributed by atoms with E-state index >= 15 is 0 Å². The molecule has 1 N–H and O–H groups in total. The maximum absolute atomic E-state index is 14.3. The average Bonchev–Trinajstić information content (AvgIpc) is 3.01. The summed E-state index contributed by atoms with van der Waals surface area (Å²) in [5.74, 6) is -5.16. The molecule has 1 aromatic heterocycles. The smallest absolute Gasteiger partial charge is 0.338 e. The summed E-state index contributed by atoms with van der Waals surface area (Å²) < 4.78 is 57.9. The van der Waals surface area contributed by atoms with E-state index in [-0.39, 0.29) is 36.0 Å². The molecule has 2 amide bonds. The van der Waals surface area contributed by atoms with Crippen LogP contribution in [0.3, 0.4) is 0 Å². The number of methoxy groups -OCH3 is 3. The van der Waals surface area contributed by atoms with Crippen molar-refractivity contribution in [3.05, 3.63) is 76.5 Å². The Morgan fingerprint density at radius 3 is 2.38 bits per heavy atom. The number of nitrogens with zero attached hydrogens (tertiary/aromatic N) is 4. The highest BCUT2D eigenvalue weighted by Crippen LogP contribution is 2.37. The van der Waals surface area contributed by atoms with Gasteiger partial charge in [-0.3, -0.25) is 4.98 Å². The first kappa shape index (κ1) is 31.0. The van der Waals surface area contributed by atoms with E-state index in [1.807, 2.05) is 18.3 Å². The molecule has 1 atom stereocenters. The second-order valence-corrected chi connectivity index (χ2v) is 9.91. The Kier molecular flexibility index (Phi) is 10.5. The van der Waals surface area contributed by atoms with E-state index in [1.165, 1.54) is 14.2 Å². The van der Waals surface area contributed by atoms with Crippen LogP contribution in [-0.4, -0.2) is 86.9 Å². The molecule has 1 unspecified atom stereocenters. The normalized spacial score (nSPS) is 18.1. The van der Waals surface area contributed by atoms with Crippen LogP contribution in [0.15, 0.2) is 52.8 Å². The predicted octanol–water partition coefficient (Wildman–Crippen LogP) is 3.91. The molecule has 1 fully saturated rings. The molecule has 10 nitrogen and oxygen atoms in total. The number of hydrogen-bond acceptors (Lipinski definition) is 8. The molecule has 2 aliphatic heterocycles. The molecule has 0 spiro atoms. The van der Waals surface area contributed by atoms with Crippen molar-refractivity contribution >= 4 is 18.0 Å². The number of hydrogen-bond donors (Lipinski definition) is 1. The quantitative estimate of drug-likeness (QED) is 0.269. The number of halogens is 3. The third kappa shape index (κ3) is 6.90. The predicted molar refractivity (Wildman–Crippen MR) is 147 cm³/mol. The standard InChI is InChI=1S/C29H34F3N5O5/c1-40-17-23-24(27(38)41-2)26(19-15-20(30)25(32)21(31)16-19)37(29(35-23)42-3)28(39)34-11-6-12-36-13-8-18(9-14-36)22-7-4-5-10-33-22/h4-5,7,10,15-16,18,26H,6,8-9,11-14,17H2,1-3H3,(H,34,39). The molecular weight excluding hydrogens is 555 g/mol. The summed E-state index contributed by atoms with van der Waals surface area (Å²) in [6.07, 6.45) is 4.40. The lowest BCUT2D eigenvalue weighted by Gasteiger charge is -2.36. The molecule has 3 heterocycles. The number of benzene rings is 1. The van der Waals surface area contributed by atoms with Crippen LogP contribution in [0.4, 0.5) is 18.0 Å². The van der Waals surface area contributed by atoms with Gasteiger partial charge in [0.15, 0.2) is 17.5 Å². The number of esters is 1. The Labute approximate surface area is 242 Å². The highest BCUT2D eigenvalue weighted by Gasteiger charge is 2.42. The Balaban J connectivity index is 1.49. The van der Waals surface area contributed by atoms with E-state index in [4.69, 9.17) is 14.2 Å². The van der Waals surface area contributed by atoms with Crippen LogP contribution in [0.25, 0.3) is 0 Å². The number of piperidine rings is 1. The second kappa shape index (κ2) is 14.3. The number of ether oxygens (including phenoxy) is 3. The van der Waals surface area contributed by atoms with Crippen molar-refractivity contribution < 1.29 is 37.0 Å². The number of carbonyl (C=O) groups is 2. The van der Waals surface area contributed by atoms with Crippen molar-refractivity contribution in [1.82, 2.24) is 20.1 Å². The molecule has 0 radical (unpaired) electrons. The third-order valence-electron chi connectivity index (χ3n) is 7.31. The van der Waals surface area contributed by atoms with Crippen LogP contribution in [0.2, 0.25) is 0 Å². The molecule has 1 aromatic carbocycles. The van der Waals surface area contributed by atoms with Crippen LogP contribution in [0.5, 0.6) is 0 Å². The van der Waals surface area contributed by atoms with Crippen molar-refractivity contribution in [3.8, 4) is 0 Å². The van der Waals surface area contributed by atoms with Crippen molar-refractivity contribution in [3.63, 3.8) is 0 Å². The fourth-order valence-corrected chi connectivity index (χ4v) is 5.26. The molecule has 0 saturated carbocycles. The molecule has 42 heavy (non-hydrogen) atoms. The van der Waals surface area contributed by atoms with Gasteiger partial charge >= 0.3 is 18.0 Å². The number of urea groups is 1. The Hall–Kier alpha value is -3.97. The molecular formula is C29H34F3N5O5. The van der Waals surface area contributed by atoms with Gasteiger partial charge < -0.3 is 24.4 Å². The summed E-state index contributed by atoms with van der Waals surface area (Å²) in [6.45, 7) is 2.60. The zero-order chi connectivity index (χ0) is 30.2. The van der Waals surface area contributed by atoms with E-state index in [1.54, 1.807) is 0 Å². The minimum absolute atomic E-state index is 0.0227. The Bertz CT molecular complexity index is 1310. The number of nitrogens with one attached hydrogen (secondary N) is 1. The molecule has 0 bridgehead atoms. The van der Waals surface area contributed by atoms with E-state index in [0.717, 1.165) is 50.2 Å². The number of amidine groups is 1. The maximum Gasteiger partial charge on any atom is 0.338 e. The summed E-state index contributed by atoms with van der Waals surface area (Å²) in [5.41, 5.74) is 0.688. The summed E-state index contributed by atoms with van der Waals surface area (Å²) in [6, 6.07) is 4.93. The van der Waals surface area contributed by atoms with Gasteiger partial charge in [0.1, 0.15) is 6.04 Å². The van der Waals surface area contributed by atoms with Gasteiger partial charge in [-0.1, -0.05) is 6.07 Å². The molecule has 1 saturated heterocycles. The van der Waals surface area contributed by atoms with Crippen LogP contribution in [0.1, 0.15) is 42.5 Å². The Morgan fingerprint density at radius 2 is 1.79 bits per heavy atom. The number of pyridine rings is 1. The summed E-state index contributed by atoms with van der Waals surface area (Å²) in [4.78, 5) is 38.4. The zero-order valence-electron chi connectivity index (χ0n) is 23.7. The lowest BCUT2D eigenvalue weighted by Crippen LogP contribution is -2.50. The fourth-order valence-electron chi connectivity index (χ4n) is 5.26. The van der Waals surface area contributed by atoms with Gasteiger partial charge in [-0.25, -0.2) is 27.7 Å². The number of aromatic nitrogens is 1. The van der Waals surface area contributed by atoms with E-state index in [2.05, 4.69) is 26.3 Å². The van der Waals surface area contributed by atoms with Gasteiger partial charge in [-0.2, -0.15) is 4.99 Å². The third-order valence-corrected chi connectivity index (χ3v) is 7.31. The largest absolute Gasteiger partial charge is 0.468 e. The first-order chi connectivity index (χ1) is 20.3. The minimum atomic E-state index is -1.68. The molecule has 13 heteroatoms. The fraction of sp³-hybridized carbons (Fsp3) is 0.448. The minimum Gasteiger partial charge on any atom is -0.468 e. The monoisotopic (exact) mass is 589 g/mol. The number of carbonyl (C=O) groups excluding carboxylic acids is 2. The van der Waals surface area contributed by atoms with Crippen molar-refractivity contribution in [2.45, 2.75) is 31.2 Å². The van der Waals surface area contributed by atoms with Crippen LogP contribution in [0, 0.1) is 17.5 Å². The molecule has 2 aliphatic rings. The van der Waals surface area contributed by atoms with E-state index in [9.17, 15) is 22.8 Å². The topological polar surface area (TPSA) is 106 Å². The highest BCUT2D eigenvalue weighted by atomic mass is 19.2. The second-order valence-electron chi connectivity index (χ2n) is 9.91. The summed E-state index contributed by atoms with van der Waals surface area (Å²) in [7, 11) is 3.72. The van der Waals surface area contributed by atoms with Crippen LogP contribution >= 0.6 is 0 Å². The van der Waals surface area contributed by atoms with Crippen molar-refractivity contribution in [1.29, 1.82) is 0 Å². The van der Waals surface area contributed by atoms with Gasteiger partial charge in [0.25, 0.3) is 0 Å². The van der Waals surface area contributed by atoms with Gasteiger partial charge in [0, 0.05) is 31.5 Å². The zero-order valence-corrected chi connectivity index (χ0v) is 23.7. The first-order valence-electron chi connectivity index (χ1n) is 13.6. The SMILES string of the molecule is COCC1=C(C(=O)OC)C(c2cc(F)c(F)c(F)c2)N(C(=O)NCCCN2CCC(c3ccccn3)CC2)C(OC)=N1.